The van der Waals surface area contributed by atoms with E-state index in [1.54, 1.807) is 11.6 Å². The maximum Gasteiger partial charge on any atom is 0.246 e. The molecular weight excluding hydrogens is 226 g/mol. The maximum absolute atomic E-state index is 12.2. The first-order chi connectivity index (χ1) is 7.48. The van der Waals surface area contributed by atoms with Crippen LogP contribution in [-0.2, 0) is 16.6 Å². The standard InChI is InChI=1S/C10H19N3O2S/c1-5-12(6-2)16(14,15)10-8-11-13(7-3)9(10)4/h8H,5-7H2,1-4H3. The van der Waals surface area contributed by atoms with Crippen molar-refractivity contribution in [3.8, 4) is 0 Å². The summed E-state index contributed by atoms with van der Waals surface area (Å²) >= 11 is 0. The van der Waals surface area contributed by atoms with Crippen molar-refractivity contribution in [1.82, 2.24) is 14.1 Å². The summed E-state index contributed by atoms with van der Waals surface area (Å²) in [5.74, 6) is 0. The minimum absolute atomic E-state index is 0.318. The first-order valence-electron chi connectivity index (χ1n) is 5.51. The average molecular weight is 245 g/mol. The van der Waals surface area contributed by atoms with Gasteiger partial charge in [0, 0.05) is 19.6 Å². The van der Waals surface area contributed by atoms with Crippen molar-refractivity contribution >= 4 is 10.0 Å². The van der Waals surface area contributed by atoms with Crippen molar-refractivity contribution in [3.63, 3.8) is 0 Å². The van der Waals surface area contributed by atoms with Crippen molar-refractivity contribution < 1.29 is 8.42 Å². The summed E-state index contributed by atoms with van der Waals surface area (Å²) < 4.78 is 27.6. The summed E-state index contributed by atoms with van der Waals surface area (Å²) in [5, 5.41) is 4.06. The fourth-order valence-electron chi connectivity index (χ4n) is 1.70. The Morgan fingerprint density at radius 3 is 2.25 bits per heavy atom. The minimum atomic E-state index is -3.37. The number of hydrogen-bond donors (Lipinski definition) is 0. The Balaban J connectivity index is 3.22. The van der Waals surface area contributed by atoms with E-state index >= 15 is 0 Å². The van der Waals surface area contributed by atoms with Crippen LogP contribution in [-0.4, -0.2) is 35.6 Å². The third-order valence-corrected chi connectivity index (χ3v) is 4.83. The molecule has 0 spiro atoms. The minimum Gasteiger partial charge on any atom is -0.269 e. The van der Waals surface area contributed by atoms with Gasteiger partial charge in [0.15, 0.2) is 0 Å². The third-order valence-electron chi connectivity index (χ3n) is 2.68. The molecule has 0 aromatic carbocycles. The molecule has 0 bridgehead atoms. The molecule has 0 aliphatic rings. The molecule has 0 radical (unpaired) electrons. The molecule has 0 unspecified atom stereocenters. The summed E-state index contributed by atoms with van der Waals surface area (Å²) in [7, 11) is -3.37. The molecule has 1 rings (SSSR count). The number of aryl methyl sites for hydroxylation is 1. The Morgan fingerprint density at radius 2 is 1.88 bits per heavy atom. The molecule has 16 heavy (non-hydrogen) atoms. The van der Waals surface area contributed by atoms with E-state index in [4.69, 9.17) is 0 Å². The summed E-state index contributed by atoms with van der Waals surface area (Å²) in [6.45, 7) is 9.03. The molecule has 0 atom stereocenters. The zero-order chi connectivity index (χ0) is 12.3. The molecule has 1 aromatic heterocycles. The first kappa shape index (κ1) is 13.2. The molecule has 0 saturated heterocycles. The Bertz CT molecular complexity index is 447. The SMILES string of the molecule is CCN(CC)S(=O)(=O)c1cnn(CC)c1C. The molecule has 0 fully saturated rings. The molecular formula is C10H19N3O2S. The molecule has 0 amide bonds. The zero-order valence-electron chi connectivity index (χ0n) is 10.3. The van der Waals surface area contributed by atoms with E-state index in [0.717, 1.165) is 0 Å². The summed E-state index contributed by atoms with van der Waals surface area (Å²) in [6.07, 6.45) is 1.44. The third kappa shape index (κ3) is 2.12. The van der Waals surface area contributed by atoms with Crippen LogP contribution in [0.4, 0.5) is 0 Å². The quantitative estimate of drug-likeness (QED) is 0.784. The Kier molecular flexibility index (Phi) is 4.09. The van der Waals surface area contributed by atoms with Crippen LogP contribution < -0.4 is 0 Å². The van der Waals surface area contributed by atoms with E-state index in [-0.39, 0.29) is 0 Å². The molecule has 0 aliphatic carbocycles. The molecule has 5 nitrogen and oxygen atoms in total. The van der Waals surface area contributed by atoms with Crippen LogP contribution in [0.2, 0.25) is 0 Å². The van der Waals surface area contributed by atoms with E-state index in [1.807, 2.05) is 20.8 Å². The van der Waals surface area contributed by atoms with Crippen molar-refractivity contribution in [1.29, 1.82) is 0 Å². The first-order valence-corrected chi connectivity index (χ1v) is 6.95. The van der Waals surface area contributed by atoms with Gasteiger partial charge in [-0.05, 0) is 13.8 Å². The Labute approximate surface area is 97.1 Å². The molecule has 1 aromatic rings. The number of hydrogen-bond acceptors (Lipinski definition) is 3. The fraction of sp³-hybridized carbons (Fsp3) is 0.700. The van der Waals surface area contributed by atoms with E-state index in [2.05, 4.69) is 5.10 Å². The smallest absolute Gasteiger partial charge is 0.246 e. The Hall–Kier alpha value is -0.880. The van der Waals surface area contributed by atoms with E-state index < -0.39 is 10.0 Å². The predicted molar refractivity (Wildman–Crippen MR) is 62.7 cm³/mol. The highest BCUT2D eigenvalue weighted by Crippen LogP contribution is 2.18. The van der Waals surface area contributed by atoms with Gasteiger partial charge in [-0.25, -0.2) is 8.42 Å². The second kappa shape index (κ2) is 4.97. The van der Waals surface area contributed by atoms with Gasteiger partial charge in [0.1, 0.15) is 4.90 Å². The zero-order valence-corrected chi connectivity index (χ0v) is 11.1. The van der Waals surface area contributed by atoms with E-state index in [0.29, 0.717) is 30.2 Å². The number of sulfonamides is 1. The van der Waals surface area contributed by atoms with Gasteiger partial charge in [-0.15, -0.1) is 0 Å². The van der Waals surface area contributed by atoms with Crippen molar-refractivity contribution in [3.05, 3.63) is 11.9 Å². The van der Waals surface area contributed by atoms with Crippen LogP contribution in [0.25, 0.3) is 0 Å². The molecule has 92 valence electrons. The largest absolute Gasteiger partial charge is 0.269 e. The van der Waals surface area contributed by atoms with Gasteiger partial charge in [0.25, 0.3) is 0 Å². The lowest BCUT2D eigenvalue weighted by molar-refractivity contribution is 0.444. The summed E-state index contributed by atoms with van der Waals surface area (Å²) in [5.41, 5.74) is 0.703. The molecule has 1 heterocycles. The van der Waals surface area contributed by atoms with Gasteiger partial charge in [-0.3, -0.25) is 4.68 Å². The fourth-order valence-corrected chi connectivity index (χ4v) is 3.32. The van der Waals surface area contributed by atoms with E-state index in [1.165, 1.54) is 10.5 Å². The lowest BCUT2D eigenvalue weighted by atomic mass is 10.5. The van der Waals surface area contributed by atoms with Gasteiger partial charge in [-0.1, -0.05) is 13.8 Å². The van der Waals surface area contributed by atoms with Crippen LogP contribution in [0.15, 0.2) is 11.1 Å². The highest BCUT2D eigenvalue weighted by Gasteiger charge is 2.25. The lowest BCUT2D eigenvalue weighted by Gasteiger charge is -2.17. The van der Waals surface area contributed by atoms with Crippen LogP contribution in [0.3, 0.4) is 0 Å². The Morgan fingerprint density at radius 1 is 1.31 bits per heavy atom. The lowest BCUT2D eigenvalue weighted by Crippen LogP contribution is -2.30. The monoisotopic (exact) mass is 245 g/mol. The van der Waals surface area contributed by atoms with Crippen LogP contribution in [0.5, 0.6) is 0 Å². The second-order valence-electron chi connectivity index (χ2n) is 3.50. The highest BCUT2D eigenvalue weighted by atomic mass is 32.2. The van der Waals surface area contributed by atoms with Crippen molar-refractivity contribution in [2.45, 2.75) is 39.1 Å². The molecule has 0 saturated carbocycles. The van der Waals surface area contributed by atoms with Crippen molar-refractivity contribution in [2.75, 3.05) is 13.1 Å². The van der Waals surface area contributed by atoms with Gasteiger partial charge in [0.2, 0.25) is 10.0 Å². The summed E-state index contributed by atoms with van der Waals surface area (Å²) in [6, 6.07) is 0. The van der Waals surface area contributed by atoms with Gasteiger partial charge in [-0.2, -0.15) is 9.40 Å². The topological polar surface area (TPSA) is 55.2 Å². The van der Waals surface area contributed by atoms with Crippen LogP contribution in [0.1, 0.15) is 26.5 Å². The highest BCUT2D eigenvalue weighted by molar-refractivity contribution is 7.89. The van der Waals surface area contributed by atoms with Crippen molar-refractivity contribution in [2.24, 2.45) is 0 Å². The molecule has 0 N–H and O–H groups in total. The number of aromatic nitrogens is 2. The second-order valence-corrected chi connectivity index (χ2v) is 5.41. The molecule has 0 aliphatic heterocycles. The normalized spacial score (nSPS) is 12.3. The predicted octanol–water partition coefficient (Wildman–Crippen LogP) is 1.24. The van der Waals surface area contributed by atoms with Gasteiger partial charge >= 0.3 is 0 Å². The molecule has 6 heteroatoms. The van der Waals surface area contributed by atoms with Crippen LogP contribution in [0, 0.1) is 6.92 Å². The van der Waals surface area contributed by atoms with Gasteiger partial charge < -0.3 is 0 Å². The summed E-state index contributed by atoms with van der Waals surface area (Å²) in [4.78, 5) is 0.318. The number of nitrogens with zero attached hydrogens (tertiary/aromatic N) is 3. The maximum atomic E-state index is 12.2. The van der Waals surface area contributed by atoms with E-state index in [9.17, 15) is 8.42 Å². The van der Waals surface area contributed by atoms with Gasteiger partial charge in [0.05, 0.1) is 11.9 Å². The average Bonchev–Trinajstić information content (AvgIpc) is 2.61. The number of rotatable bonds is 5. The van der Waals surface area contributed by atoms with Crippen LogP contribution >= 0.6 is 0 Å².